The molecule has 3 aliphatic heterocycles. The lowest BCUT2D eigenvalue weighted by Gasteiger charge is -2.45. The number of hydrogen-bond acceptors (Lipinski definition) is 3. The summed E-state index contributed by atoms with van der Waals surface area (Å²) in [7, 11) is 0. The Balaban J connectivity index is 1.83. The lowest BCUT2D eigenvalue weighted by atomic mass is 9.84. The molecular formula is C14H16BrClF2N2O. The third kappa shape index (κ3) is 3.43. The number of rotatable bonds is 4. The molecule has 0 saturated carbocycles. The number of piperidine rings is 3. The second kappa shape index (κ2) is 6.26. The van der Waals surface area contributed by atoms with Gasteiger partial charge in [0.1, 0.15) is 0 Å². The predicted octanol–water partition coefficient (Wildman–Crippen LogP) is 4.21. The zero-order chi connectivity index (χ0) is 15.0. The maximum atomic E-state index is 12.6. The highest BCUT2D eigenvalue weighted by Gasteiger charge is 2.34. The van der Waals surface area contributed by atoms with E-state index in [9.17, 15) is 8.78 Å². The van der Waals surface area contributed by atoms with Crippen molar-refractivity contribution in [2.45, 2.75) is 25.5 Å². The van der Waals surface area contributed by atoms with Crippen molar-refractivity contribution in [1.82, 2.24) is 4.90 Å². The summed E-state index contributed by atoms with van der Waals surface area (Å²) in [6.07, 6.45) is 2.29. The monoisotopic (exact) mass is 380 g/mol. The normalized spacial score (nSPS) is 28.0. The van der Waals surface area contributed by atoms with E-state index in [0.29, 0.717) is 21.1 Å². The van der Waals surface area contributed by atoms with Crippen molar-refractivity contribution in [3.8, 4) is 5.75 Å². The topological polar surface area (TPSA) is 24.5 Å². The van der Waals surface area contributed by atoms with Crippen molar-refractivity contribution < 1.29 is 13.5 Å². The van der Waals surface area contributed by atoms with Crippen LogP contribution >= 0.6 is 27.5 Å². The van der Waals surface area contributed by atoms with Crippen LogP contribution in [0.4, 0.5) is 14.5 Å². The SMILES string of the molecule is FC(F)Oc1c(Br)cc(Cl)cc1NC1CN2CCC1CC2. The molecule has 0 amide bonds. The lowest BCUT2D eigenvalue weighted by molar-refractivity contribution is -0.0499. The molecule has 0 aliphatic carbocycles. The predicted molar refractivity (Wildman–Crippen MR) is 82.4 cm³/mol. The Hall–Kier alpha value is -0.590. The van der Waals surface area contributed by atoms with Crippen molar-refractivity contribution in [2.24, 2.45) is 5.92 Å². The Morgan fingerprint density at radius 3 is 2.62 bits per heavy atom. The molecule has 1 N–H and O–H groups in total. The molecule has 2 bridgehead atoms. The fourth-order valence-electron chi connectivity index (χ4n) is 3.20. The molecule has 1 atom stereocenters. The molecule has 3 saturated heterocycles. The molecule has 1 unspecified atom stereocenters. The summed E-state index contributed by atoms with van der Waals surface area (Å²) < 4.78 is 30.3. The van der Waals surface area contributed by atoms with Crippen LogP contribution in [0.15, 0.2) is 16.6 Å². The molecule has 3 aliphatic rings. The van der Waals surface area contributed by atoms with Gasteiger partial charge in [-0.15, -0.1) is 0 Å². The molecule has 0 radical (unpaired) electrons. The van der Waals surface area contributed by atoms with E-state index in [0.717, 1.165) is 32.5 Å². The summed E-state index contributed by atoms with van der Waals surface area (Å²) in [5.74, 6) is 0.693. The third-order valence-electron chi connectivity index (χ3n) is 4.21. The van der Waals surface area contributed by atoms with E-state index in [2.05, 4.69) is 30.9 Å². The molecule has 0 spiro atoms. The highest BCUT2D eigenvalue weighted by Crippen LogP contribution is 2.39. The molecule has 0 aromatic heterocycles. The maximum absolute atomic E-state index is 12.6. The van der Waals surface area contributed by atoms with Gasteiger partial charge in [0.15, 0.2) is 5.75 Å². The van der Waals surface area contributed by atoms with E-state index in [1.165, 1.54) is 0 Å². The molecule has 3 nitrogen and oxygen atoms in total. The first-order chi connectivity index (χ1) is 10.0. The largest absolute Gasteiger partial charge is 0.431 e. The van der Waals surface area contributed by atoms with Gasteiger partial charge in [0, 0.05) is 17.6 Å². The summed E-state index contributed by atoms with van der Waals surface area (Å²) in [6.45, 7) is 0.322. The summed E-state index contributed by atoms with van der Waals surface area (Å²) in [5, 5.41) is 3.83. The Morgan fingerprint density at radius 2 is 2.05 bits per heavy atom. The smallest absolute Gasteiger partial charge is 0.387 e. The van der Waals surface area contributed by atoms with Crippen molar-refractivity contribution in [3.05, 3.63) is 21.6 Å². The molecule has 1 aromatic carbocycles. The number of ether oxygens (including phenoxy) is 1. The van der Waals surface area contributed by atoms with Gasteiger partial charge in [-0.1, -0.05) is 11.6 Å². The van der Waals surface area contributed by atoms with Crippen LogP contribution < -0.4 is 10.1 Å². The van der Waals surface area contributed by atoms with Crippen molar-refractivity contribution in [1.29, 1.82) is 0 Å². The zero-order valence-corrected chi connectivity index (χ0v) is 13.6. The number of alkyl halides is 2. The van der Waals surface area contributed by atoms with Crippen molar-refractivity contribution in [3.63, 3.8) is 0 Å². The highest BCUT2D eigenvalue weighted by molar-refractivity contribution is 9.10. The summed E-state index contributed by atoms with van der Waals surface area (Å²) in [6, 6.07) is 3.45. The number of anilines is 1. The summed E-state index contributed by atoms with van der Waals surface area (Å²) in [4.78, 5) is 2.39. The van der Waals surface area contributed by atoms with Gasteiger partial charge in [-0.05, 0) is 59.9 Å². The van der Waals surface area contributed by atoms with Crippen LogP contribution in [0.25, 0.3) is 0 Å². The highest BCUT2D eigenvalue weighted by atomic mass is 79.9. The Labute approximate surface area is 135 Å². The van der Waals surface area contributed by atoms with E-state index in [-0.39, 0.29) is 11.8 Å². The van der Waals surface area contributed by atoms with Gasteiger partial charge in [0.05, 0.1) is 10.2 Å². The minimum Gasteiger partial charge on any atom is -0.431 e. The lowest BCUT2D eigenvalue weighted by Crippen LogP contribution is -2.53. The first-order valence-electron chi connectivity index (χ1n) is 6.95. The van der Waals surface area contributed by atoms with Gasteiger partial charge in [-0.25, -0.2) is 0 Å². The van der Waals surface area contributed by atoms with Crippen LogP contribution in [0.3, 0.4) is 0 Å². The Morgan fingerprint density at radius 1 is 1.33 bits per heavy atom. The van der Waals surface area contributed by atoms with Gasteiger partial charge < -0.3 is 15.0 Å². The van der Waals surface area contributed by atoms with Gasteiger partial charge in [0.25, 0.3) is 0 Å². The average molecular weight is 382 g/mol. The summed E-state index contributed by atoms with van der Waals surface area (Å²) >= 11 is 9.27. The maximum Gasteiger partial charge on any atom is 0.387 e. The minimum atomic E-state index is -2.87. The van der Waals surface area contributed by atoms with Crippen LogP contribution in [0.2, 0.25) is 5.02 Å². The number of hydrogen-bond donors (Lipinski definition) is 1. The Bertz CT molecular complexity index is 524. The molecule has 1 aromatic rings. The second-order valence-electron chi connectivity index (χ2n) is 5.53. The molecule has 116 valence electrons. The van der Waals surface area contributed by atoms with Crippen LogP contribution in [0.5, 0.6) is 5.75 Å². The molecular weight excluding hydrogens is 366 g/mol. The van der Waals surface area contributed by atoms with Gasteiger partial charge >= 0.3 is 6.61 Å². The quantitative estimate of drug-likeness (QED) is 0.845. The zero-order valence-electron chi connectivity index (χ0n) is 11.3. The average Bonchev–Trinajstić information content (AvgIpc) is 2.44. The van der Waals surface area contributed by atoms with Crippen LogP contribution in [-0.4, -0.2) is 37.2 Å². The first-order valence-corrected chi connectivity index (χ1v) is 8.13. The van der Waals surface area contributed by atoms with Crippen molar-refractivity contribution in [2.75, 3.05) is 25.0 Å². The molecule has 4 rings (SSSR count). The Kier molecular flexibility index (Phi) is 4.57. The third-order valence-corrected chi connectivity index (χ3v) is 5.02. The number of nitrogens with zero attached hydrogens (tertiary/aromatic N) is 1. The van der Waals surface area contributed by atoms with Crippen molar-refractivity contribution >= 4 is 33.2 Å². The standard InChI is InChI=1S/C14H16BrClF2N2O/c15-10-5-9(16)6-11(13(10)21-14(17)18)19-12-7-20-3-1-8(12)2-4-20/h5-6,8,12,14,19H,1-4,7H2. The minimum absolute atomic E-state index is 0.117. The number of fused-ring (bicyclic) bond motifs is 3. The van der Waals surface area contributed by atoms with Crippen LogP contribution in [0.1, 0.15) is 12.8 Å². The van der Waals surface area contributed by atoms with E-state index in [1.807, 2.05) is 0 Å². The number of halogens is 4. The van der Waals surface area contributed by atoms with Gasteiger partial charge in [-0.2, -0.15) is 8.78 Å². The fourth-order valence-corrected chi connectivity index (χ4v) is 4.11. The van der Waals surface area contributed by atoms with E-state index in [4.69, 9.17) is 11.6 Å². The van der Waals surface area contributed by atoms with E-state index in [1.54, 1.807) is 12.1 Å². The molecule has 21 heavy (non-hydrogen) atoms. The molecule has 3 fully saturated rings. The van der Waals surface area contributed by atoms with E-state index < -0.39 is 6.61 Å². The van der Waals surface area contributed by atoms with Crippen LogP contribution in [0, 0.1) is 5.92 Å². The van der Waals surface area contributed by atoms with Gasteiger partial charge in [-0.3, -0.25) is 0 Å². The second-order valence-corrected chi connectivity index (χ2v) is 6.82. The first kappa shape index (κ1) is 15.3. The molecule has 3 heterocycles. The summed E-state index contributed by atoms with van der Waals surface area (Å²) in [5.41, 5.74) is 0.522. The number of benzene rings is 1. The van der Waals surface area contributed by atoms with Gasteiger partial charge in [0.2, 0.25) is 0 Å². The fraction of sp³-hybridized carbons (Fsp3) is 0.571. The van der Waals surface area contributed by atoms with Crippen LogP contribution in [-0.2, 0) is 0 Å². The number of nitrogens with one attached hydrogen (secondary N) is 1. The molecule has 7 heteroatoms. The van der Waals surface area contributed by atoms with E-state index >= 15 is 0 Å².